The highest BCUT2D eigenvalue weighted by Gasteiger charge is 2.22. The Kier molecular flexibility index (Phi) is 5.89. The van der Waals surface area contributed by atoms with Crippen LogP contribution < -0.4 is 14.8 Å². The van der Waals surface area contributed by atoms with Gasteiger partial charge in [-0.25, -0.2) is 13.1 Å². The van der Waals surface area contributed by atoms with Crippen molar-refractivity contribution in [3.63, 3.8) is 0 Å². The van der Waals surface area contributed by atoms with Crippen LogP contribution in [0, 0.1) is 0 Å². The molecule has 9 heteroatoms. The van der Waals surface area contributed by atoms with Crippen molar-refractivity contribution in [1.82, 2.24) is 10.0 Å². The third kappa shape index (κ3) is 5.00. The zero-order chi connectivity index (χ0) is 17.7. The number of benzene rings is 1. The number of rotatable bonds is 7. The van der Waals surface area contributed by atoms with Crippen molar-refractivity contribution in [3.05, 3.63) is 34.2 Å². The van der Waals surface area contributed by atoms with Crippen LogP contribution in [0.3, 0.4) is 0 Å². The Morgan fingerprint density at radius 3 is 2.71 bits per heavy atom. The Morgan fingerprint density at radius 1 is 1.29 bits per heavy atom. The van der Waals surface area contributed by atoms with E-state index in [-0.39, 0.29) is 36.1 Å². The van der Waals surface area contributed by atoms with Crippen molar-refractivity contribution in [1.29, 1.82) is 0 Å². The molecule has 1 amide bonds. The molecule has 0 aliphatic heterocycles. The molecule has 2 rings (SSSR count). The molecule has 132 valence electrons. The number of carbonyl (C=O) groups excluding carboxylic acids is 1. The molecule has 0 fully saturated rings. The van der Waals surface area contributed by atoms with Gasteiger partial charge < -0.3 is 10.1 Å². The minimum atomic E-state index is -3.64. The Labute approximate surface area is 138 Å². The minimum Gasteiger partial charge on any atom is -0.435 e. The molecule has 1 aliphatic carbocycles. The Bertz CT molecular complexity index is 748. The second-order valence-corrected chi connectivity index (χ2v) is 7.05. The average molecular weight is 360 g/mol. The van der Waals surface area contributed by atoms with Gasteiger partial charge in [-0.1, -0.05) is 6.07 Å². The lowest BCUT2D eigenvalue weighted by Gasteiger charge is -2.18. The predicted molar refractivity (Wildman–Crippen MR) is 85.0 cm³/mol. The van der Waals surface area contributed by atoms with Gasteiger partial charge in [0.25, 0.3) is 0 Å². The monoisotopic (exact) mass is 360 g/mol. The van der Waals surface area contributed by atoms with Gasteiger partial charge >= 0.3 is 6.61 Å². The van der Waals surface area contributed by atoms with Crippen LogP contribution in [0.4, 0.5) is 8.78 Å². The lowest BCUT2D eigenvalue weighted by Crippen LogP contribution is -2.34. The van der Waals surface area contributed by atoms with Gasteiger partial charge in [0.1, 0.15) is 5.75 Å². The molecule has 1 aliphatic rings. The number of hydrogen-bond donors (Lipinski definition) is 2. The van der Waals surface area contributed by atoms with Crippen LogP contribution in [0.1, 0.15) is 24.5 Å². The van der Waals surface area contributed by atoms with E-state index >= 15 is 0 Å². The molecule has 0 spiro atoms. The summed E-state index contributed by atoms with van der Waals surface area (Å²) in [7, 11) is -3.64. The molecular weight excluding hydrogens is 342 g/mol. The molecule has 0 saturated carbocycles. The SMILES string of the molecule is CC(=O)NCCNS(=O)(=O)C1=Cc2ccc(OC(F)F)cc2CC1. The molecule has 24 heavy (non-hydrogen) atoms. The molecule has 0 atom stereocenters. The van der Waals surface area contributed by atoms with Crippen LogP contribution in [-0.4, -0.2) is 34.0 Å². The third-order valence-corrected chi connectivity index (χ3v) is 5.03. The van der Waals surface area contributed by atoms with E-state index in [1.165, 1.54) is 25.1 Å². The Morgan fingerprint density at radius 2 is 2.04 bits per heavy atom. The average Bonchev–Trinajstić information content (AvgIpc) is 2.50. The number of hydrogen-bond acceptors (Lipinski definition) is 4. The van der Waals surface area contributed by atoms with E-state index in [0.29, 0.717) is 12.0 Å². The van der Waals surface area contributed by atoms with Gasteiger partial charge in [-0.3, -0.25) is 4.79 Å². The third-order valence-electron chi connectivity index (χ3n) is 3.43. The lowest BCUT2D eigenvalue weighted by atomic mass is 9.97. The number of ether oxygens (including phenoxy) is 1. The minimum absolute atomic E-state index is 0.0527. The van der Waals surface area contributed by atoms with Crippen molar-refractivity contribution in [3.8, 4) is 5.75 Å². The van der Waals surface area contributed by atoms with E-state index in [0.717, 1.165) is 5.56 Å². The van der Waals surface area contributed by atoms with Gasteiger partial charge in [-0.2, -0.15) is 8.78 Å². The summed E-state index contributed by atoms with van der Waals surface area (Å²) in [5.74, 6) is -0.182. The normalized spacial score (nSPS) is 14.1. The van der Waals surface area contributed by atoms with Crippen LogP contribution in [-0.2, 0) is 21.2 Å². The zero-order valence-electron chi connectivity index (χ0n) is 13.0. The highest BCUT2D eigenvalue weighted by molar-refractivity contribution is 7.93. The number of amides is 1. The first-order chi connectivity index (χ1) is 11.3. The number of alkyl halides is 2. The molecule has 0 radical (unpaired) electrons. The van der Waals surface area contributed by atoms with E-state index in [1.807, 2.05) is 0 Å². The van der Waals surface area contributed by atoms with E-state index in [1.54, 1.807) is 6.07 Å². The fraction of sp³-hybridized carbons (Fsp3) is 0.400. The lowest BCUT2D eigenvalue weighted by molar-refractivity contribution is -0.118. The predicted octanol–water partition coefficient (Wildman–Crippen LogP) is 1.63. The molecule has 0 aromatic heterocycles. The molecule has 1 aromatic rings. The number of halogens is 2. The summed E-state index contributed by atoms with van der Waals surface area (Å²) in [6.07, 6.45) is 2.19. The van der Waals surface area contributed by atoms with Crippen LogP contribution in [0.5, 0.6) is 5.75 Å². The van der Waals surface area contributed by atoms with Crippen molar-refractivity contribution in [2.75, 3.05) is 13.1 Å². The molecule has 0 saturated heterocycles. The van der Waals surface area contributed by atoms with E-state index in [2.05, 4.69) is 14.8 Å². The molecular formula is C15H18F2N2O4S. The smallest absolute Gasteiger partial charge is 0.387 e. The molecule has 0 bridgehead atoms. The van der Waals surface area contributed by atoms with Gasteiger partial charge in [-0.05, 0) is 42.2 Å². The highest BCUT2D eigenvalue weighted by atomic mass is 32.2. The second-order valence-electron chi connectivity index (χ2n) is 5.23. The summed E-state index contributed by atoms with van der Waals surface area (Å²) < 4.78 is 55.7. The number of carbonyl (C=O) groups is 1. The maximum atomic E-state index is 12.2. The summed E-state index contributed by atoms with van der Waals surface area (Å²) in [6, 6.07) is 4.42. The van der Waals surface area contributed by atoms with Crippen molar-refractivity contribution in [2.45, 2.75) is 26.4 Å². The fourth-order valence-corrected chi connectivity index (χ4v) is 3.56. The van der Waals surface area contributed by atoms with Crippen molar-refractivity contribution < 1.29 is 26.7 Å². The largest absolute Gasteiger partial charge is 0.435 e. The molecule has 6 nitrogen and oxygen atoms in total. The van der Waals surface area contributed by atoms with Gasteiger partial charge in [-0.15, -0.1) is 0 Å². The number of allylic oxidation sites excluding steroid dienone is 1. The molecule has 0 unspecified atom stereocenters. The number of aryl methyl sites for hydroxylation is 1. The summed E-state index contributed by atoms with van der Waals surface area (Å²) in [4.78, 5) is 11.0. The summed E-state index contributed by atoms with van der Waals surface area (Å²) in [5, 5.41) is 2.50. The van der Waals surface area contributed by atoms with Crippen LogP contribution in [0.25, 0.3) is 6.08 Å². The quantitative estimate of drug-likeness (QED) is 0.724. The van der Waals surface area contributed by atoms with Gasteiger partial charge in [0.2, 0.25) is 15.9 Å². The van der Waals surface area contributed by atoms with E-state index < -0.39 is 16.6 Å². The maximum Gasteiger partial charge on any atom is 0.387 e. The number of fused-ring (bicyclic) bond motifs is 1. The highest BCUT2D eigenvalue weighted by Crippen LogP contribution is 2.29. The van der Waals surface area contributed by atoms with E-state index in [4.69, 9.17) is 0 Å². The Balaban J connectivity index is 2.07. The molecule has 1 aromatic carbocycles. The zero-order valence-corrected chi connectivity index (χ0v) is 13.8. The van der Waals surface area contributed by atoms with Crippen LogP contribution >= 0.6 is 0 Å². The van der Waals surface area contributed by atoms with E-state index in [9.17, 15) is 22.0 Å². The number of sulfonamides is 1. The number of nitrogens with one attached hydrogen (secondary N) is 2. The Hall–Kier alpha value is -2.00. The molecule has 0 heterocycles. The van der Waals surface area contributed by atoms with Crippen LogP contribution in [0.15, 0.2) is 23.1 Å². The van der Waals surface area contributed by atoms with Gasteiger partial charge in [0.05, 0.1) is 4.91 Å². The van der Waals surface area contributed by atoms with Crippen molar-refractivity contribution in [2.24, 2.45) is 0 Å². The fourth-order valence-electron chi connectivity index (χ4n) is 2.35. The molecule has 2 N–H and O–H groups in total. The first-order valence-electron chi connectivity index (χ1n) is 7.30. The first-order valence-corrected chi connectivity index (χ1v) is 8.78. The summed E-state index contributed by atoms with van der Waals surface area (Å²) in [5.41, 5.74) is 1.41. The topological polar surface area (TPSA) is 84.5 Å². The summed E-state index contributed by atoms with van der Waals surface area (Å²) >= 11 is 0. The van der Waals surface area contributed by atoms with Gasteiger partial charge in [0.15, 0.2) is 0 Å². The first kappa shape index (κ1) is 18.3. The second kappa shape index (κ2) is 7.71. The standard InChI is InChI=1S/C15H18F2N2O4S/c1-10(20)18-6-7-19-24(21,22)14-5-3-11-8-13(23-15(16)17)4-2-12(11)9-14/h2,4,8-9,15,19H,3,5-7H2,1H3,(H,18,20). The van der Waals surface area contributed by atoms with Gasteiger partial charge in [0, 0.05) is 20.0 Å². The van der Waals surface area contributed by atoms with Crippen LogP contribution in [0.2, 0.25) is 0 Å². The van der Waals surface area contributed by atoms with Crippen molar-refractivity contribution >= 4 is 22.0 Å². The summed E-state index contributed by atoms with van der Waals surface area (Å²) in [6.45, 7) is -1.26. The maximum absolute atomic E-state index is 12.2.